The van der Waals surface area contributed by atoms with Crippen molar-refractivity contribution in [3.8, 4) is 0 Å². The average Bonchev–Trinajstić information content (AvgIpc) is 3.67. The number of rotatable bonds is 8. The van der Waals surface area contributed by atoms with Gasteiger partial charge in [0.2, 0.25) is 5.91 Å². The number of nitrogens with zero attached hydrogens (tertiary/aromatic N) is 1. The van der Waals surface area contributed by atoms with Gasteiger partial charge in [-0.2, -0.15) is 0 Å². The maximum Gasteiger partial charge on any atom is 0.329 e. The van der Waals surface area contributed by atoms with E-state index in [-0.39, 0.29) is 35.2 Å². The van der Waals surface area contributed by atoms with E-state index in [0.29, 0.717) is 30.2 Å². The SMILES string of the molecule is CC1(C)C2CCC1(C)C(OC(=O)C1CCCN1C(=O)C(NC(=O)C(O)Cc1ccccc1)c1cccs1)C2. The molecule has 1 aromatic carbocycles. The minimum atomic E-state index is -1.30. The second-order valence-corrected chi connectivity index (χ2v) is 12.9. The number of ether oxygens (including phenoxy) is 1. The Hall–Kier alpha value is -2.71. The topological polar surface area (TPSA) is 95.9 Å². The van der Waals surface area contributed by atoms with E-state index in [1.165, 1.54) is 17.8 Å². The van der Waals surface area contributed by atoms with E-state index in [1.807, 2.05) is 41.8 Å². The lowest BCUT2D eigenvalue weighted by Gasteiger charge is -2.39. The molecule has 2 aromatic rings. The highest BCUT2D eigenvalue weighted by Gasteiger charge is 2.63. The van der Waals surface area contributed by atoms with Crippen molar-refractivity contribution < 1.29 is 24.2 Å². The average molecular weight is 539 g/mol. The Kier molecular flexibility index (Phi) is 7.40. The predicted molar refractivity (Wildman–Crippen MR) is 145 cm³/mol. The molecule has 3 fully saturated rings. The monoisotopic (exact) mass is 538 g/mol. The molecule has 2 bridgehead atoms. The van der Waals surface area contributed by atoms with Gasteiger partial charge in [0.05, 0.1) is 0 Å². The largest absolute Gasteiger partial charge is 0.460 e. The molecule has 1 aliphatic heterocycles. The van der Waals surface area contributed by atoms with E-state index in [2.05, 4.69) is 26.1 Å². The molecule has 5 rings (SSSR count). The molecule has 2 aliphatic carbocycles. The molecule has 1 aromatic heterocycles. The summed E-state index contributed by atoms with van der Waals surface area (Å²) in [4.78, 5) is 42.5. The van der Waals surface area contributed by atoms with Crippen molar-refractivity contribution in [2.45, 2.75) is 83.6 Å². The zero-order valence-electron chi connectivity index (χ0n) is 22.4. The van der Waals surface area contributed by atoms with E-state index in [0.717, 1.165) is 18.4 Å². The zero-order chi connectivity index (χ0) is 27.1. The lowest BCUT2D eigenvalue weighted by Crippen LogP contribution is -2.50. The summed E-state index contributed by atoms with van der Waals surface area (Å²) in [6, 6.07) is 11.2. The van der Waals surface area contributed by atoms with Gasteiger partial charge in [-0.3, -0.25) is 9.59 Å². The fourth-order valence-electron chi connectivity index (χ4n) is 6.85. The van der Waals surface area contributed by atoms with Crippen LogP contribution in [0, 0.1) is 16.7 Å². The van der Waals surface area contributed by atoms with Crippen LogP contribution >= 0.6 is 11.3 Å². The van der Waals surface area contributed by atoms with Crippen molar-refractivity contribution in [2.24, 2.45) is 16.7 Å². The van der Waals surface area contributed by atoms with Crippen LogP contribution in [0.1, 0.15) is 69.4 Å². The highest BCUT2D eigenvalue weighted by molar-refractivity contribution is 7.10. The number of aliphatic hydroxyl groups is 1. The van der Waals surface area contributed by atoms with Crippen molar-refractivity contribution in [1.29, 1.82) is 0 Å². The third-order valence-electron chi connectivity index (χ3n) is 9.72. The molecular formula is C30H38N2O5S. The summed E-state index contributed by atoms with van der Waals surface area (Å²) >= 11 is 1.36. The van der Waals surface area contributed by atoms with Gasteiger partial charge in [-0.1, -0.05) is 57.2 Å². The lowest BCUT2D eigenvalue weighted by atomic mass is 9.70. The molecular weight excluding hydrogens is 500 g/mol. The number of hydrogen-bond donors (Lipinski definition) is 2. The first kappa shape index (κ1) is 26.9. The minimum absolute atomic E-state index is 0.0524. The highest BCUT2D eigenvalue weighted by atomic mass is 32.1. The lowest BCUT2D eigenvalue weighted by molar-refractivity contribution is -0.165. The molecule has 3 aliphatic rings. The number of likely N-dealkylation sites (tertiary alicyclic amines) is 1. The first-order valence-electron chi connectivity index (χ1n) is 13.7. The summed E-state index contributed by atoms with van der Waals surface area (Å²) in [7, 11) is 0. The molecule has 0 spiro atoms. The number of amides is 2. The Balaban J connectivity index is 1.28. The van der Waals surface area contributed by atoms with Gasteiger partial charge in [-0.25, -0.2) is 4.79 Å². The molecule has 2 N–H and O–H groups in total. The second kappa shape index (κ2) is 10.5. The maximum absolute atomic E-state index is 13.8. The molecule has 2 saturated carbocycles. The van der Waals surface area contributed by atoms with E-state index in [4.69, 9.17) is 4.74 Å². The first-order chi connectivity index (χ1) is 18.1. The summed E-state index contributed by atoms with van der Waals surface area (Å²) in [5.41, 5.74) is 0.899. The van der Waals surface area contributed by atoms with Crippen molar-refractivity contribution in [3.05, 3.63) is 58.3 Å². The number of carbonyl (C=O) groups is 3. The van der Waals surface area contributed by atoms with Gasteiger partial charge < -0.3 is 20.1 Å². The van der Waals surface area contributed by atoms with Crippen molar-refractivity contribution >= 4 is 29.1 Å². The summed E-state index contributed by atoms with van der Waals surface area (Å²) < 4.78 is 6.15. The number of esters is 1. The van der Waals surface area contributed by atoms with Crippen molar-refractivity contribution in [1.82, 2.24) is 10.2 Å². The third kappa shape index (κ3) is 4.77. The molecule has 204 valence electrons. The highest BCUT2D eigenvalue weighted by Crippen LogP contribution is 2.66. The predicted octanol–water partition coefficient (Wildman–Crippen LogP) is 4.26. The number of hydrogen-bond acceptors (Lipinski definition) is 6. The van der Waals surface area contributed by atoms with E-state index < -0.39 is 24.1 Å². The van der Waals surface area contributed by atoms with Crippen LogP contribution in [0.5, 0.6) is 0 Å². The van der Waals surface area contributed by atoms with E-state index >= 15 is 0 Å². The van der Waals surface area contributed by atoms with Gasteiger partial charge in [0.25, 0.3) is 5.91 Å². The molecule has 8 heteroatoms. The van der Waals surface area contributed by atoms with Crippen LogP contribution in [0.4, 0.5) is 0 Å². The van der Waals surface area contributed by atoms with Crippen LogP contribution in [-0.4, -0.2) is 52.6 Å². The summed E-state index contributed by atoms with van der Waals surface area (Å²) in [6.07, 6.45) is 3.05. The molecule has 1 saturated heterocycles. The van der Waals surface area contributed by atoms with Gasteiger partial charge in [0, 0.05) is 23.3 Å². The first-order valence-corrected chi connectivity index (χ1v) is 14.6. The molecule has 0 radical (unpaired) electrons. The Morgan fingerprint density at radius 2 is 1.89 bits per heavy atom. The summed E-state index contributed by atoms with van der Waals surface area (Å²) in [6.45, 7) is 7.23. The fraction of sp³-hybridized carbons (Fsp3) is 0.567. The van der Waals surface area contributed by atoms with Gasteiger partial charge in [-0.05, 0) is 60.4 Å². The number of nitrogens with one attached hydrogen (secondary N) is 1. The standard InChI is InChI=1S/C30H38N2O5S/c1-29(2)20-13-14-30(29,3)24(18-20)37-28(36)21-11-7-15-32(21)27(35)25(23-12-8-16-38-23)31-26(34)22(33)17-19-9-5-4-6-10-19/h4-6,8-10,12,16,20-22,24-25,33H,7,11,13-15,17-18H2,1-3H3,(H,31,34). The molecule has 6 unspecified atom stereocenters. The number of aliphatic hydroxyl groups excluding tert-OH is 1. The second-order valence-electron chi connectivity index (χ2n) is 11.9. The normalized spacial score (nSPS) is 29.2. The maximum atomic E-state index is 13.8. The summed E-state index contributed by atoms with van der Waals surface area (Å²) in [5, 5.41) is 15.2. The van der Waals surface area contributed by atoms with Crippen LogP contribution in [-0.2, 0) is 25.5 Å². The molecule has 7 nitrogen and oxygen atoms in total. The minimum Gasteiger partial charge on any atom is -0.460 e. The number of thiophene rings is 1. The van der Waals surface area contributed by atoms with Crippen LogP contribution in [0.15, 0.2) is 47.8 Å². The van der Waals surface area contributed by atoms with Crippen LogP contribution < -0.4 is 5.32 Å². The fourth-order valence-corrected chi connectivity index (χ4v) is 7.61. The number of fused-ring (bicyclic) bond motifs is 2. The Bertz CT molecular complexity index is 1170. The Morgan fingerprint density at radius 3 is 2.53 bits per heavy atom. The van der Waals surface area contributed by atoms with Crippen LogP contribution in [0.2, 0.25) is 0 Å². The van der Waals surface area contributed by atoms with Gasteiger partial charge in [0.15, 0.2) is 0 Å². The zero-order valence-corrected chi connectivity index (χ0v) is 23.2. The molecule has 38 heavy (non-hydrogen) atoms. The van der Waals surface area contributed by atoms with Gasteiger partial charge >= 0.3 is 5.97 Å². The van der Waals surface area contributed by atoms with Crippen molar-refractivity contribution in [2.75, 3.05) is 6.54 Å². The number of carbonyl (C=O) groups excluding carboxylic acids is 3. The van der Waals surface area contributed by atoms with Crippen molar-refractivity contribution in [3.63, 3.8) is 0 Å². The molecule has 2 heterocycles. The number of benzene rings is 1. The van der Waals surface area contributed by atoms with E-state index in [1.54, 1.807) is 11.0 Å². The summed E-state index contributed by atoms with van der Waals surface area (Å²) in [5.74, 6) is -0.749. The van der Waals surface area contributed by atoms with Gasteiger partial charge in [0.1, 0.15) is 24.3 Å². The Labute approximate surface area is 228 Å². The van der Waals surface area contributed by atoms with Crippen LogP contribution in [0.25, 0.3) is 0 Å². The Morgan fingerprint density at radius 1 is 1.13 bits per heavy atom. The molecule has 6 atom stereocenters. The third-order valence-corrected chi connectivity index (χ3v) is 10.7. The smallest absolute Gasteiger partial charge is 0.329 e. The van der Waals surface area contributed by atoms with Crippen LogP contribution in [0.3, 0.4) is 0 Å². The quantitative estimate of drug-likeness (QED) is 0.490. The van der Waals surface area contributed by atoms with E-state index in [9.17, 15) is 19.5 Å². The van der Waals surface area contributed by atoms with Gasteiger partial charge in [-0.15, -0.1) is 11.3 Å². The molecule has 2 amide bonds.